The monoisotopic (exact) mass is 695 g/mol. The van der Waals surface area contributed by atoms with Gasteiger partial charge in [0.25, 0.3) is 0 Å². The lowest BCUT2D eigenvalue weighted by atomic mass is 10.0. The minimum absolute atomic E-state index is 0.0666. The van der Waals surface area contributed by atoms with Gasteiger partial charge in [0.05, 0.1) is 0 Å². The summed E-state index contributed by atoms with van der Waals surface area (Å²) in [5.74, 6) is 0.708. The summed E-state index contributed by atoms with van der Waals surface area (Å²) in [6.07, 6.45) is 32.5. The van der Waals surface area contributed by atoms with E-state index in [1.807, 2.05) is 0 Å². The Morgan fingerprint density at radius 3 is 1.00 bits per heavy atom. The first kappa shape index (κ1) is 47.4. The highest BCUT2D eigenvalue weighted by atomic mass is 16.6. The van der Waals surface area contributed by atoms with Gasteiger partial charge in [0, 0.05) is 19.3 Å². The smallest absolute Gasteiger partial charge is 0.306 e. The van der Waals surface area contributed by atoms with E-state index < -0.39 is 6.10 Å². The molecule has 1 atom stereocenters. The zero-order valence-corrected chi connectivity index (χ0v) is 33.3. The van der Waals surface area contributed by atoms with Crippen LogP contribution in [0, 0.1) is 11.8 Å². The first-order valence-corrected chi connectivity index (χ1v) is 21.2. The van der Waals surface area contributed by atoms with Crippen LogP contribution in [0.3, 0.4) is 0 Å². The maximum atomic E-state index is 12.6. The largest absolute Gasteiger partial charge is 0.462 e. The van der Waals surface area contributed by atoms with Crippen molar-refractivity contribution >= 4 is 17.9 Å². The highest BCUT2D eigenvalue weighted by Gasteiger charge is 2.19. The van der Waals surface area contributed by atoms with Crippen molar-refractivity contribution < 1.29 is 28.6 Å². The molecule has 0 aromatic rings. The number of unbranched alkanes of at least 4 members (excludes halogenated alkanes) is 22. The van der Waals surface area contributed by atoms with Crippen LogP contribution >= 0.6 is 0 Å². The van der Waals surface area contributed by atoms with Crippen molar-refractivity contribution in [3.63, 3.8) is 0 Å². The molecule has 0 rings (SSSR count). The maximum Gasteiger partial charge on any atom is 0.306 e. The van der Waals surface area contributed by atoms with Gasteiger partial charge in [0.15, 0.2) is 6.10 Å². The fraction of sp³-hybridized carbons (Fsp3) is 0.930. The van der Waals surface area contributed by atoms with E-state index in [1.165, 1.54) is 116 Å². The molecule has 0 aliphatic heterocycles. The van der Waals surface area contributed by atoms with E-state index >= 15 is 0 Å². The molecule has 0 heterocycles. The van der Waals surface area contributed by atoms with Crippen molar-refractivity contribution in [1.82, 2.24) is 0 Å². The fourth-order valence-corrected chi connectivity index (χ4v) is 6.22. The molecule has 290 valence electrons. The van der Waals surface area contributed by atoms with Crippen LogP contribution in [0.15, 0.2) is 0 Å². The van der Waals surface area contributed by atoms with Gasteiger partial charge in [0.1, 0.15) is 13.2 Å². The SMILES string of the molecule is CCCCCCCCCCCC(=O)OC[C@H](COC(=O)CCCCCCCCCCCCC(C)C)OC(=O)CCCCCCCCC(C)C. The third-order valence-electron chi connectivity index (χ3n) is 9.47. The minimum Gasteiger partial charge on any atom is -0.462 e. The molecule has 0 radical (unpaired) electrons. The lowest BCUT2D eigenvalue weighted by molar-refractivity contribution is -0.167. The van der Waals surface area contributed by atoms with Crippen LogP contribution in [0.25, 0.3) is 0 Å². The Bertz CT molecular complexity index is 749. The zero-order valence-electron chi connectivity index (χ0n) is 33.3. The van der Waals surface area contributed by atoms with E-state index in [2.05, 4.69) is 34.6 Å². The molecule has 6 heteroatoms. The van der Waals surface area contributed by atoms with Gasteiger partial charge in [-0.25, -0.2) is 0 Å². The number of ether oxygens (including phenoxy) is 3. The Balaban J connectivity index is 4.32. The Labute approximate surface area is 304 Å². The van der Waals surface area contributed by atoms with Crippen LogP contribution in [0.1, 0.15) is 227 Å². The molecule has 0 amide bonds. The van der Waals surface area contributed by atoms with Crippen LogP contribution in [0.4, 0.5) is 0 Å². The minimum atomic E-state index is -0.759. The van der Waals surface area contributed by atoms with Gasteiger partial charge in [-0.2, -0.15) is 0 Å². The predicted octanol–water partition coefficient (Wildman–Crippen LogP) is 13.0. The zero-order chi connectivity index (χ0) is 36.2. The summed E-state index contributed by atoms with van der Waals surface area (Å²) in [6.45, 7) is 11.2. The van der Waals surface area contributed by atoms with Crippen molar-refractivity contribution in [2.24, 2.45) is 11.8 Å². The Morgan fingerprint density at radius 1 is 0.388 bits per heavy atom. The molecule has 0 aromatic heterocycles. The average molecular weight is 695 g/mol. The van der Waals surface area contributed by atoms with Crippen LogP contribution < -0.4 is 0 Å². The van der Waals surface area contributed by atoms with Gasteiger partial charge < -0.3 is 14.2 Å². The molecule has 0 bridgehead atoms. The molecule has 6 nitrogen and oxygen atoms in total. The predicted molar refractivity (Wildman–Crippen MR) is 206 cm³/mol. The number of hydrogen-bond donors (Lipinski definition) is 0. The standard InChI is InChI=1S/C43H82O6/c1-6-7-8-9-10-13-17-23-28-33-41(44)47-36-40(49-43(46)35-30-25-20-19-22-27-32-39(4)5)37-48-42(45)34-29-24-18-15-12-11-14-16-21-26-31-38(2)3/h38-40H,6-37H2,1-5H3/t40-/m1/s1. The van der Waals surface area contributed by atoms with Gasteiger partial charge >= 0.3 is 17.9 Å². The molecular weight excluding hydrogens is 612 g/mol. The van der Waals surface area contributed by atoms with Gasteiger partial charge in [-0.3, -0.25) is 14.4 Å². The topological polar surface area (TPSA) is 78.9 Å². The number of carbonyl (C=O) groups excluding carboxylic acids is 3. The molecule has 49 heavy (non-hydrogen) atoms. The fourth-order valence-electron chi connectivity index (χ4n) is 6.22. The molecular formula is C43H82O6. The van der Waals surface area contributed by atoms with E-state index in [0.717, 1.165) is 69.6 Å². The van der Waals surface area contributed by atoms with Crippen LogP contribution in [0.2, 0.25) is 0 Å². The van der Waals surface area contributed by atoms with E-state index in [0.29, 0.717) is 19.3 Å². The third-order valence-corrected chi connectivity index (χ3v) is 9.47. The summed E-state index contributed by atoms with van der Waals surface area (Å²) in [5.41, 5.74) is 0. The number of hydrogen-bond acceptors (Lipinski definition) is 6. The summed E-state index contributed by atoms with van der Waals surface area (Å²) in [7, 11) is 0. The quantitative estimate of drug-likeness (QED) is 0.0366. The summed E-state index contributed by atoms with van der Waals surface area (Å²) in [4.78, 5) is 37.5. The van der Waals surface area contributed by atoms with Crippen molar-refractivity contribution in [2.75, 3.05) is 13.2 Å². The molecule has 0 aliphatic rings. The first-order valence-electron chi connectivity index (χ1n) is 21.2. The molecule has 0 unspecified atom stereocenters. The number of carbonyl (C=O) groups is 3. The Morgan fingerprint density at radius 2 is 0.673 bits per heavy atom. The highest BCUT2D eigenvalue weighted by Crippen LogP contribution is 2.16. The number of esters is 3. The molecule has 0 saturated heterocycles. The number of rotatable bonds is 37. The molecule has 0 N–H and O–H groups in total. The second-order valence-electron chi connectivity index (χ2n) is 15.6. The van der Waals surface area contributed by atoms with Gasteiger partial charge in [0.2, 0.25) is 0 Å². The van der Waals surface area contributed by atoms with Crippen LogP contribution in [-0.2, 0) is 28.6 Å². The summed E-state index contributed by atoms with van der Waals surface area (Å²) in [6, 6.07) is 0. The average Bonchev–Trinajstić information content (AvgIpc) is 3.06. The van der Waals surface area contributed by atoms with E-state index in [4.69, 9.17) is 14.2 Å². The normalized spacial score (nSPS) is 12.1. The summed E-state index contributed by atoms with van der Waals surface area (Å²) in [5, 5.41) is 0. The second kappa shape index (κ2) is 36.2. The Hall–Kier alpha value is -1.59. The lowest BCUT2D eigenvalue weighted by Crippen LogP contribution is -2.30. The lowest BCUT2D eigenvalue weighted by Gasteiger charge is -2.18. The van der Waals surface area contributed by atoms with Crippen LogP contribution in [-0.4, -0.2) is 37.2 Å². The van der Waals surface area contributed by atoms with E-state index in [9.17, 15) is 14.4 Å². The molecule has 0 saturated carbocycles. The second-order valence-corrected chi connectivity index (χ2v) is 15.6. The third kappa shape index (κ3) is 37.5. The highest BCUT2D eigenvalue weighted by molar-refractivity contribution is 5.71. The maximum absolute atomic E-state index is 12.6. The van der Waals surface area contributed by atoms with E-state index in [1.54, 1.807) is 0 Å². The van der Waals surface area contributed by atoms with E-state index in [-0.39, 0.29) is 31.1 Å². The van der Waals surface area contributed by atoms with Gasteiger partial charge in [-0.1, -0.05) is 189 Å². The molecule has 0 fully saturated rings. The van der Waals surface area contributed by atoms with Crippen molar-refractivity contribution in [3.05, 3.63) is 0 Å². The summed E-state index contributed by atoms with van der Waals surface area (Å²) >= 11 is 0. The van der Waals surface area contributed by atoms with Gasteiger partial charge in [-0.15, -0.1) is 0 Å². The van der Waals surface area contributed by atoms with Crippen molar-refractivity contribution in [1.29, 1.82) is 0 Å². The van der Waals surface area contributed by atoms with Crippen LogP contribution in [0.5, 0.6) is 0 Å². The van der Waals surface area contributed by atoms with Crippen molar-refractivity contribution in [2.45, 2.75) is 233 Å². The van der Waals surface area contributed by atoms with Gasteiger partial charge in [-0.05, 0) is 31.1 Å². The summed E-state index contributed by atoms with van der Waals surface area (Å²) < 4.78 is 16.6. The molecule has 0 spiro atoms. The first-order chi connectivity index (χ1) is 23.7. The molecule has 0 aromatic carbocycles. The molecule has 0 aliphatic carbocycles. The van der Waals surface area contributed by atoms with Crippen molar-refractivity contribution in [3.8, 4) is 0 Å². The Kier molecular flexibility index (Phi) is 35.0.